The highest BCUT2D eigenvalue weighted by Gasteiger charge is 2.40. The molecule has 27 heavy (non-hydrogen) atoms. The van der Waals surface area contributed by atoms with Gasteiger partial charge in [-0.3, -0.25) is 14.5 Å². The van der Waals surface area contributed by atoms with Crippen molar-refractivity contribution in [3.63, 3.8) is 0 Å². The van der Waals surface area contributed by atoms with E-state index >= 15 is 0 Å². The first-order valence-electron chi connectivity index (χ1n) is 8.65. The predicted molar refractivity (Wildman–Crippen MR) is 96.5 cm³/mol. The number of halogens is 3. The van der Waals surface area contributed by atoms with Crippen LogP contribution in [0, 0.1) is 0 Å². The number of hydrogen-bond acceptors (Lipinski definition) is 3. The molecular formula is C20H16F3NO2S. The Hall–Kier alpha value is -2.41. The SMILES string of the molecule is O=C1CCCC2=C1[C@H](c1ccsc1)CC(=O)N2c1ccc(C(F)(F)F)cc1. The number of thiophene rings is 1. The average Bonchev–Trinajstić information content (AvgIpc) is 3.15. The maximum Gasteiger partial charge on any atom is 0.416 e. The van der Waals surface area contributed by atoms with E-state index in [4.69, 9.17) is 0 Å². The Morgan fingerprint density at radius 2 is 1.78 bits per heavy atom. The molecule has 0 saturated heterocycles. The molecule has 1 aliphatic carbocycles. The van der Waals surface area contributed by atoms with E-state index in [-0.39, 0.29) is 24.0 Å². The molecule has 1 atom stereocenters. The number of hydrogen-bond donors (Lipinski definition) is 0. The van der Waals surface area contributed by atoms with E-state index in [0.717, 1.165) is 17.7 Å². The average molecular weight is 391 g/mol. The van der Waals surface area contributed by atoms with Crippen molar-refractivity contribution in [3.05, 3.63) is 63.5 Å². The second kappa shape index (κ2) is 6.64. The summed E-state index contributed by atoms with van der Waals surface area (Å²) < 4.78 is 38.5. The third-order valence-electron chi connectivity index (χ3n) is 5.07. The van der Waals surface area contributed by atoms with E-state index < -0.39 is 11.7 Å². The Bertz CT molecular complexity index is 914. The number of amides is 1. The van der Waals surface area contributed by atoms with Gasteiger partial charge in [-0.15, -0.1) is 0 Å². The summed E-state index contributed by atoms with van der Waals surface area (Å²) in [5.41, 5.74) is 1.83. The van der Waals surface area contributed by atoms with Gasteiger partial charge >= 0.3 is 6.18 Å². The van der Waals surface area contributed by atoms with E-state index in [1.54, 1.807) is 0 Å². The normalized spacial score (nSPS) is 20.9. The van der Waals surface area contributed by atoms with Crippen LogP contribution in [0.5, 0.6) is 0 Å². The third kappa shape index (κ3) is 3.20. The van der Waals surface area contributed by atoms with Crippen LogP contribution in [0.15, 0.2) is 52.4 Å². The lowest BCUT2D eigenvalue weighted by Crippen LogP contribution is -2.40. The highest BCUT2D eigenvalue weighted by atomic mass is 32.1. The maximum absolute atomic E-state index is 12.9. The molecule has 2 aromatic rings. The first kappa shape index (κ1) is 18.0. The number of anilines is 1. The number of nitrogens with zero attached hydrogens (tertiary/aromatic N) is 1. The van der Waals surface area contributed by atoms with Gasteiger partial charge < -0.3 is 0 Å². The van der Waals surface area contributed by atoms with Crippen molar-refractivity contribution in [1.29, 1.82) is 0 Å². The first-order valence-corrected chi connectivity index (χ1v) is 9.59. The van der Waals surface area contributed by atoms with Gasteiger partial charge in [0, 0.05) is 35.7 Å². The summed E-state index contributed by atoms with van der Waals surface area (Å²) in [6, 6.07) is 6.46. The number of rotatable bonds is 2. The van der Waals surface area contributed by atoms with E-state index in [1.807, 2.05) is 16.8 Å². The molecule has 3 nitrogen and oxygen atoms in total. The topological polar surface area (TPSA) is 37.4 Å². The number of benzene rings is 1. The van der Waals surface area contributed by atoms with E-state index in [0.29, 0.717) is 36.2 Å². The highest BCUT2D eigenvalue weighted by Crippen LogP contribution is 2.44. The number of ketones is 1. The van der Waals surface area contributed by atoms with Crippen LogP contribution >= 0.6 is 11.3 Å². The zero-order valence-electron chi connectivity index (χ0n) is 14.3. The molecule has 4 rings (SSSR count). The molecule has 0 N–H and O–H groups in total. The van der Waals surface area contributed by atoms with Gasteiger partial charge in [0.15, 0.2) is 5.78 Å². The molecule has 7 heteroatoms. The molecule has 1 amide bonds. The second-order valence-electron chi connectivity index (χ2n) is 6.72. The molecule has 1 aliphatic heterocycles. The van der Waals surface area contributed by atoms with Gasteiger partial charge in [-0.25, -0.2) is 0 Å². The zero-order valence-corrected chi connectivity index (χ0v) is 15.1. The van der Waals surface area contributed by atoms with Gasteiger partial charge in [-0.05, 0) is 59.5 Å². The molecule has 1 aromatic heterocycles. The van der Waals surface area contributed by atoms with Crippen molar-refractivity contribution in [3.8, 4) is 0 Å². The number of alkyl halides is 3. The van der Waals surface area contributed by atoms with Crippen LogP contribution in [-0.2, 0) is 15.8 Å². The molecule has 2 aliphatic rings. The fourth-order valence-electron chi connectivity index (χ4n) is 3.85. The van der Waals surface area contributed by atoms with Gasteiger partial charge in [0.2, 0.25) is 5.91 Å². The lowest BCUT2D eigenvalue weighted by Gasteiger charge is -2.38. The molecule has 0 spiro atoms. The van der Waals surface area contributed by atoms with Crippen LogP contribution in [-0.4, -0.2) is 11.7 Å². The van der Waals surface area contributed by atoms with Gasteiger partial charge in [-0.2, -0.15) is 24.5 Å². The van der Waals surface area contributed by atoms with E-state index in [1.165, 1.54) is 28.4 Å². The molecule has 140 valence electrons. The summed E-state index contributed by atoms with van der Waals surface area (Å²) in [5.74, 6) is -0.437. The highest BCUT2D eigenvalue weighted by molar-refractivity contribution is 7.08. The van der Waals surface area contributed by atoms with E-state index in [9.17, 15) is 22.8 Å². The lowest BCUT2D eigenvalue weighted by molar-refractivity contribution is -0.137. The van der Waals surface area contributed by atoms with Crippen molar-refractivity contribution in [2.45, 2.75) is 37.8 Å². The van der Waals surface area contributed by atoms with Crippen LogP contribution in [0.4, 0.5) is 18.9 Å². The Balaban J connectivity index is 1.79. The standard InChI is InChI=1S/C20H16F3NO2S/c21-20(22,23)13-4-6-14(7-5-13)24-16-2-1-3-17(25)19(16)15(10-18(24)26)12-8-9-27-11-12/h4-9,11,15H,1-3,10H2/t15-/m0/s1. The number of carbonyl (C=O) groups excluding carboxylic acids is 2. The summed E-state index contributed by atoms with van der Waals surface area (Å²) in [6.45, 7) is 0. The Morgan fingerprint density at radius 1 is 1.04 bits per heavy atom. The maximum atomic E-state index is 12.9. The first-order chi connectivity index (χ1) is 12.9. The largest absolute Gasteiger partial charge is 0.416 e. The fraction of sp³-hybridized carbons (Fsp3) is 0.300. The molecule has 0 bridgehead atoms. The minimum atomic E-state index is -4.43. The Kier molecular flexibility index (Phi) is 4.42. The van der Waals surface area contributed by atoms with Crippen molar-refractivity contribution in [2.24, 2.45) is 0 Å². The zero-order chi connectivity index (χ0) is 19.2. The van der Waals surface area contributed by atoms with Crippen LogP contribution in [0.3, 0.4) is 0 Å². The molecule has 1 aromatic carbocycles. The van der Waals surface area contributed by atoms with Crippen LogP contribution in [0.2, 0.25) is 0 Å². The molecule has 0 fully saturated rings. The Morgan fingerprint density at radius 3 is 2.41 bits per heavy atom. The summed E-state index contributed by atoms with van der Waals surface area (Å²) in [6.07, 6.45) is -2.65. The number of carbonyl (C=O) groups is 2. The summed E-state index contributed by atoms with van der Waals surface area (Å²) >= 11 is 1.51. The minimum absolute atomic E-state index is 0.0249. The van der Waals surface area contributed by atoms with Gasteiger partial charge in [0.05, 0.1) is 5.56 Å². The fourth-order valence-corrected chi connectivity index (χ4v) is 4.56. The quantitative estimate of drug-likeness (QED) is 0.697. The molecule has 0 unspecified atom stereocenters. The Labute approximate surface area is 158 Å². The summed E-state index contributed by atoms with van der Waals surface area (Å²) in [5, 5.41) is 3.85. The third-order valence-corrected chi connectivity index (χ3v) is 5.78. The number of Topliss-reactive ketones (excluding diaryl/α,β-unsaturated/α-hetero) is 1. The summed E-state index contributed by atoms with van der Waals surface area (Å²) in [4.78, 5) is 27.0. The molecule has 0 saturated carbocycles. The molecular weight excluding hydrogens is 375 g/mol. The van der Waals surface area contributed by atoms with E-state index in [2.05, 4.69) is 0 Å². The van der Waals surface area contributed by atoms with Crippen LogP contribution in [0.25, 0.3) is 0 Å². The van der Waals surface area contributed by atoms with Gasteiger partial charge in [-0.1, -0.05) is 0 Å². The van der Waals surface area contributed by atoms with Crippen molar-refractivity contribution >= 4 is 28.7 Å². The second-order valence-corrected chi connectivity index (χ2v) is 7.50. The summed E-state index contributed by atoms with van der Waals surface area (Å²) in [7, 11) is 0. The number of allylic oxidation sites excluding steroid dienone is 2. The smallest absolute Gasteiger partial charge is 0.294 e. The predicted octanol–water partition coefficient (Wildman–Crippen LogP) is 5.29. The van der Waals surface area contributed by atoms with Crippen molar-refractivity contribution in [1.82, 2.24) is 0 Å². The monoisotopic (exact) mass is 391 g/mol. The van der Waals surface area contributed by atoms with Crippen molar-refractivity contribution < 1.29 is 22.8 Å². The van der Waals surface area contributed by atoms with Crippen LogP contribution in [0.1, 0.15) is 42.7 Å². The molecule has 0 radical (unpaired) electrons. The van der Waals surface area contributed by atoms with Gasteiger partial charge in [0.1, 0.15) is 0 Å². The lowest BCUT2D eigenvalue weighted by atomic mass is 9.78. The van der Waals surface area contributed by atoms with Crippen LogP contribution < -0.4 is 4.90 Å². The molecule has 2 heterocycles. The van der Waals surface area contributed by atoms with Crippen molar-refractivity contribution in [2.75, 3.05) is 4.90 Å². The van der Waals surface area contributed by atoms with Gasteiger partial charge in [0.25, 0.3) is 0 Å². The minimum Gasteiger partial charge on any atom is -0.294 e.